The van der Waals surface area contributed by atoms with Crippen molar-refractivity contribution in [1.82, 2.24) is 0 Å². The first-order valence-corrected chi connectivity index (χ1v) is 12.7. The molecule has 0 spiro atoms. The van der Waals surface area contributed by atoms with Crippen molar-refractivity contribution in [2.75, 3.05) is 0 Å². The number of benzene rings is 2. The van der Waals surface area contributed by atoms with Crippen LogP contribution in [0, 0.1) is 0 Å². The van der Waals surface area contributed by atoms with E-state index >= 15 is 0 Å². The molecule has 0 atom stereocenters. The third kappa shape index (κ3) is 8.60. The van der Waals surface area contributed by atoms with Crippen molar-refractivity contribution < 1.29 is 45.1 Å². The van der Waals surface area contributed by atoms with Crippen LogP contribution in [0.25, 0.3) is 11.1 Å². The highest BCUT2D eigenvalue weighted by molar-refractivity contribution is 7.91. The van der Waals surface area contributed by atoms with Gasteiger partial charge < -0.3 is 0 Å². The Balaban J connectivity index is 0.000000190. The van der Waals surface area contributed by atoms with E-state index < -0.39 is 53.2 Å². The smallest absolute Gasteiger partial charge is 0.290 e. The summed E-state index contributed by atoms with van der Waals surface area (Å²) in [5.74, 6) is -3.06. The minimum Gasteiger partial charge on any atom is -0.290 e. The van der Waals surface area contributed by atoms with Crippen LogP contribution in [0.3, 0.4) is 0 Å². The lowest BCUT2D eigenvalue weighted by atomic mass is 10.1. The largest absolute Gasteiger partial charge is 0.298 e. The molecule has 2 aliphatic carbocycles. The van der Waals surface area contributed by atoms with Gasteiger partial charge in [-0.05, 0) is 35.4 Å². The summed E-state index contributed by atoms with van der Waals surface area (Å²) in [5, 5.41) is 0. The Kier molecular flexibility index (Phi) is 9.41. The van der Waals surface area contributed by atoms with E-state index in [1.807, 2.05) is 12.1 Å². The summed E-state index contributed by atoms with van der Waals surface area (Å²) in [4.78, 5) is 40.9. The Labute approximate surface area is 206 Å². The molecule has 10 nitrogen and oxygen atoms in total. The third-order valence-corrected chi connectivity index (χ3v) is 6.02. The molecule has 0 fully saturated rings. The Morgan fingerprint density at radius 1 is 0.472 bits per heavy atom. The molecular weight excluding hydrogens is 512 g/mol. The number of allylic oxidation sites excluding steroid dienone is 8. The topological polar surface area (TPSA) is 177 Å². The molecule has 2 aromatic rings. The molecule has 2 aromatic carbocycles. The molecular formula is C24H18O10S2. The number of ketones is 4. The van der Waals surface area contributed by atoms with Gasteiger partial charge in [0.25, 0.3) is 20.2 Å². The predicted octanol–water partition coefficient (Wildman–Crippen LogP) is 2.29. The second kappa shape index (κ2) is 12.0. The number of hydrogen-bond acceptors (Lipinski definition) is 8. The molecule has 12 heteroatoms. The third-order valence-electron chi connectivity index (χ3n) is 4.27. The minimum absolute atomic E-state index is 0.581. The average molecular weight is 531 g/mol. The van der Waals surface area contributed by atoms with Gasteiger partial charge in [0.1, 0.15) is 9.81 Å². The Morgan fingerprint density at radius 2 is 0.778 bits per heavy atom. The van der Waals surface area contributed by atoms with Crippen LogP contribution in [0.2, 0.25) is 0 Å². The first-order valence-electron chi connectivity index (χ1n) is 9.80. The van der Waals surface area contributed by atoms with Gasteiger partial charge in [-0.1, -0.05) is 60.7 Å². The van der Waals surface area contributed by atoms with E-state index in [0.29, 0.717) is 12.2 Å². The summed E-state index contributed by atoms with van der Waals surface area (Å²) in [6.07, 6.45) is 4.61. The van der Waals surface area contributed by atoms with Crippen LogP contribution in [-0.4, -0.2) is 49.1 Å². The highest BCUT2D eigenvalue weighted by atomic mass is 32.2. The van der Waals surface area contributed by atoms with Crippen molar-refractivity contribution in [1.29, 1.82) is 0 Å². The molecule has 0 amide bonds. The molecule has 0 saturated heterocycles. The maximum atomic E-state index is 10.7. The number of carbonyl (C=O) groups is 4. The quantitative estimate of drug-likeness (QED) is 0.442. The summed E-state index contributed by atoms with van der Waals surface area (Å²) in [7, 11) is -9.14. The first kappa shape index (κ1) is 28.1. The molecule has 0 saturated carbocycles. The van der Waals surface area contributed by atoms with Gasteiger partial charge in [0.2, 0.25) is 0 Å². The Morgan fingerprint density at radius 3 is 1.03 bits per heavy atom. The minimum atomic E-state index is -4.57. The maximum Gasteiger partial charge on any atom is 0.298 e. The summed E-state index contributed by atoms with van der Waals surface area (Å²) >= 11 is 0. The highest BCUT2D eigenvalue weighted by Gasteiger charge is 2.24. The highest BCUT2D eigenvalue weighted by Crippen LogP contribution is 2.17. The van der Waals surface area contributed by atoms with Crippen LogP contribution in [-0.2, 0) is 39.4 Å². The van der Waals surface area contributed by atoms with E-state index in [-0.39, 0.29) is 0 Å². The van der Waals surface area contributed by atoms with Crippen molar-refractivity contribution in [3.63, 3.8) is 0 Å². The standard InChI is InChI=1S/C12H10.2C6H4O5S/c1-3-7-11(8-4-1)12-9-5-2-6-10-12;2*7-4-1-2-5(8)6(3-4)12(9,10)11/h1-10H;2*1-3H,(H,9,10,11). The zero-order chi connectivity index (χ0) is 26.9. The van der Waals surface area contributed by atoms with Crippen LogP contribution in [0.4, 0.5) is 0 Å². The summed E-state index contributed by atoms with van der Waals surface area (Å²) in [6, 6.07) is 20.8. The number of carbonyl (C=O) groups excluding carboxylic acids is 4. The molecule has 186 valence electrons. The van der Waals surface area contributed by atoms with E-state index in [2.05, 4.69) is 48.5 Å². The molecule has 0 bridgehead atoms. The first-order chi connectivity index (χ1) is 16.8. The molecule has 0 unspecified atom stereocenters. The van der Waals surface area contributed by atoms with Gasteiger partial charge in [-0.3, -0.25) is 28.3 Å². The van der Waals surface area contributed by atoms with Crippen molar-refractivity contribution in [3.8, 4) is 11.1 Å². The average Bonchev–Trinajstić information content (AvgIpc) is 2.83. The zero-order valence-corrected chi connectivity index (χ0v) is 19.8. The number of rotatable bonds is 3. The fraction of sp³-hybridized carbons (Fsp3) is 0. The van der Waals surface area contributed by atoms with Crippen molar-refractivity contribution in [2.24, 2.45) is 0 Å². The van der Waals surface area contributed by atoms with E-state index in [0.717, 1.165) is 24.3 Å². The van der Waals surface area contributed by atoms with E-state index in [1.165, 1.54) is 11.1 Å². The fourth-order valence-corrected chi connectivity index (χ4v) is 3.82. The molecule has 0 aliphatic heterocycles. The SMILES string of the molecule is O=C1C=CC(=O)C(S(=O)(=O)O)=C1.O=C1C=CC(=O)C(S(=O)(=O)O)=C1.c1ccc(-c2ccccc2)cc1. The van der Waals surface area contributed by atoms with Gasteiger partial charge in [-0.2, -0.15) is 16.8 Å². The van der Waals surface area contributed by atoms with Crippen LogP contribution < -0.4 is 0 Å². The normalized spacial score (nSPS) is 15.2. The van der Waals surface area contributed by atoms with Crippen molar-refractivity contribution in [2.45, 2.75) is 0 Å². The summed E-state index contributed by atoms with van der Waals surface area (Å²) in [5.41, 5.74) is 2.55. The van der Waals surface area contributed by atoms with Crippen molar-refractivity contribution in [3.05, 3.63) is 107 Å². The van der Waals surface area contributed by atoms with E-state index in [4.69, 9.17) is 9.11 Å². The van der Waals surface area contributed by atoms with Gasteiger partial charge in [0, 0.05) is 12.2 Å². The zero-order valence-electron chi connectivity index (χ0n) is 18.2. The maximum absolute atomic E-state index is 10.7. The van der Waals surface area contributed by atoms with E-state index in [9.17, 15) is 36.0 Å². The Hall–Kier alpha value is -4.10. The van der Waals surface area contributed by atoms with E-state index in [1.54, 1.807) is 0 Å². The van der Waals surface area contributed by atoms with Crippen molar-refractivity contribution >= 4 is 43.4 Å². The van der Waals surface area contributed by atoms with Gasteiger partial charge in [-0.25, -0.2) is 0 Å². The molecule has 36 heavy (non-hydrogen) atoms. The van der Waals surface area contributed by atoms with Gasteiger partial charge in [0.15, 0.2) is 23.1 Å². The summed E-state index contributed by atoms with van der Waals surface area (Å²) < 4.78 is 58.5. The van der Waals surface area contributed by atoms with Crippen LogP contribution >= 0.6 is 0 Å². The lowest BCUT2D eigenvalue weighted by molar-refractivity contribution is -0.114. The van der Waals surface area contributed by atoms with Gasteiger partial charge >= 0.3 is 0 Å². The van der Waals surface area contributed by atoms with Crippen LogP contribution in [0.1, 0.15) is 0 Å². The molecule has 0 aromatic heterocycles. The molecule has 2 N–H and O–H groups in total. The number of hydrogen-bond donors (Lipinski definition) is 2. The lowest BCUT2D eigenvalue weighted by Crippen LogP contribution is -2.15. The second-order valence-electron chi connectivity index (χ2n) is 6.90. The molecule has 2 aliphatic rings. The summed E-state index contributed by atoms with van der Waals surface area (Å²) in [6.45, 7) is 0. The van der Waals surface area contributed by atoms with Gasteiger partial charge in [0.05, 0.1) is 0 Å². The molecule has 4 rings (SSSR count). The second-order valence-corrected chi connectivity index (χ2v) is 9.68. The van der Waals surface area contributed by atoms with Gasteiger partial charge in [-0.15, -0.1) is 0 Å². The Bertz CT molecular complexity index is 1390. The van der Waals surface area contributed by atoms with Crippen LogP contribution in [0.15, 0.2) is 107 Å². The van der Waals surface area contributed by atoms with Crippen LogP contribution in [0.5, 0.6) is 0 Å². The molecule has 0 radical (unpaired) electrons. The fourth-order valence-electron chi connectivity index (χ4n) is 2.64. The predicted molar refractivity (Wildman–Crippen MR) is 129 cm³/mol. The monoisotopic (exact) mass is 530 g/mol. The molecule has 0 heterocycles. The lowest BCUT2D eigenvalue weighted by Gasteiger charge is -2.01.